The van der Waals surface area contributed by atoms with E-state index in [1.807, 2.05) is 6.07 Å². The average molecular weight is 286 g/mol. The summed E-state index contributed by atoms with van der Waals surface area (Å²) in [6, 6.07) is 5.38. The highest BCUT2D eigenvalue weighted by atomic mass is 16.5. The van der Waals surface area contributed by atoms with Crippen LogP contribution in [0.25, 0.3) is 5.69 Å². The van der Waals surface area contributed by atoms with E-state index in [1.165, 1.54) is 6.92 Å². The molecule has 21 heavy (non-hydrogen) atoms. The molecule has 1 amide bonds. The molecule has 0 saturated carbocycles. The van der Waals surface area contributed by atoms with Crippen molar-refractivity contribution in [2.75, 3.05) is 18.6 Å². The first-order valence-corrected chi connectivity index (χ1v) is 6.46. The lowest BCUT2D eigenvalue weighted by Gasteiger charge is -2.26. The van der Waals surface area contributed by atoms with Gasteiger partial charge < -0.3 is 9.64 Å². The third-order valence-electron chi connectivity index (χ3n) is 3.50. The van der Waals surface area contributed by atoms with Gasteiger partial charge in [-0.15, -0.1) is 5.10 Å². The van der Waals surface area contributed by atoms with E-state index in [0.717, 1.165) is 5.69 Å². The molecule has 7 heteroatoms. The van der Waals surface area contributed by atoms with Gasteiger partial charge in [-0.1, -0.05) is 5.21 Å². The van der Waals surface area contributed by atoms with Gasteiger partial charge >= 0.3 is 0 Å². The average Bonchev–Trinajstić information content (AvgIpc) is 2.84. The van der Waals surface area contributed by atoms with E-state index in [0.29, 0.717) is 22.8 Å². The molecule has 0 N–H and O–H groups in total. The molecule has 0 fully saturated rings. The first-order chi connectivity index (χ1) is 9.99. The molecule has 7 nitrogen and oxygen atoms in total. The number of ether oxygens (including phenoxy) is 1. The van der Waals surface area contributed by atoms with E-state index in [-0.39, 0.29) is 18.3 Å². The van der Waals surface area contributed by atoms with Gasteiger partial charge in [-0.2, -0.15) is 0 Å². The van der Waals surface area contributed by atoms with Crippen LogP contribution in [-0.4, -0.2) is 40.3 Å². The molecule has 0 radical (unpaired) electrons. The number of ketones is 1. The topological polar surface area (TPSA) is 77.3 Å². The summed E-state index contributed by atoms with van der Waals surface area (Å²) < 4.78 is 7.02. The number of nitrogens with zero attached hydrogens (tertiary/aromatic N) is 4. The van der Waals surface area contributed by atoms with Crippen LogP contribution in [0.2, 0.25) is 0 Å². The van der Waals surface area contributed by atoms with Crippen LogP contribution >= 0.6 is 0 Å². The lowest BCUT2D eigenvalue weighted by Crippen LogP contribution is -2.35. The van der Waals surface area contributed by atoms with Crippen LogP contribution in [0.3, 0.4) is 0 Å². The molecule has 0 aliphatic carbocycles. The Morgan fingerprint density at radius 2 is 2.14 bits per heavy atom. The zero-order valence-electron chi connectivity index (χ0n) is 12.0. The highest BCUT2D eigenvalue weighted by Gasteiger charge is 2.23. The molecule has 1 aromatic heterocycles. The Hall–Kier alpha value is -2.70. The van der Waals surface area contributed by atoms with Crippen molar-refractivity contribution in [2.45, 2.75) is 13.8 Å². The molecule has 0 bridgehead atoms. The molecular formula is C14H14N4O3. The number of benzene rings is 1. The lowest BCUT2D eigenvalue weighted by atomic mass is 10.2. The fraction of sp³-hybridized carbons (Fsp3) is 0.286. The largest absolute Gasteiger partial charge is 0.481 e. The number of likely N-dealkylation sites (N-methyl/N-ethyl adjacent to an activating group) is 1. The number of amides is 1. The third kappa shape index (κ3) is 2.06. The molecule has 2 heterocycles. The molecule has 108 valence electrons. The van der Waals surface area contributed by atoms with Crippen LogP contribution in [-0.2, 0) is 4.79 Å². The smallest absolute Gasteiger partial charge is 0.264 e. The first-order valence-electron chi connectivity index (χ1n) is 6.46. The number of aromatic nitrogens is 3. The van der Waals surface area contributed by atoms with E-state index < -0.39 is 0 Å². The highest BCUT2D eigenvalue weighted by molar-refractivity contribution is 5.97. The lowest BCUT2D eigenvalue weighted by molar-refractivity contribution is -0.120. The second kappa shape index (κ2) is 4.69. The number of anilines is 1. The Bertz CT molecular complexity index is 751. The maximum atomic E-state index is 11.6. The second-order valence-corrected chi connectivity index (χ2v) is 4.88. The van der Waals surface area contributed by atoms with E-state index >= 15 is 0 Å². The number of hydrogen-bond donors (Lipinski definition) is 0. The van der Waals surface area contributed by atoms with Crippen LogP contribution in [0.15, 0.2) is 18.2 Å². The molecule has 1 aliphatic heterocycles. The number of rotatable bonds is 2. The summed E-state index contributed by atoms with van der Waals surface area (Å²) >= 11 is 0. The van der Waals surface area contributed by atoms with Crippen molar-refractivity contribution in [3.05, 3.63) is 29.6 Å². The maximum Gasteiger partial charge on any atom is 0.264 e. The summed E-state index contributed by atoms with van der Waals surface area (Å²) in [6.45, 7) is 3.26. The van der Waals surface area contributed by atoms with E-state index in [4.69, 9.17) is 4.74 Å². The van der Waals surface area contributed by atoms with Crippen LogP contribution in [0.4, 0.5) is 5.69 Å². The molecule has 3 rings (SSSR count). The number of Topliss-reactive ketones (excluding diaryl/α,β-unsaturated/α-hetero) is 1. The van der Waals surface area contributed by atoms with Gasteiger partial charge in [0, 0.05) is 20.0 Å². The van der Waals surface area contributed by atoms with E-state index in [2.05, 4.69) is 10.3 Å². The quantitative estimate of drug-likeness (QED) is 0.773. The SMILES string of the molecule is CC(=O)c1nnn(-c2ccc3c(c2)OCC(=O)N3C)c1C. The van der Waals surface area contributed by atoms with Crippen molar-refractivity contribution in [2.24, 2.45) is 0 Å². The van der Waals surface area contributed by atoms with Crippen molar-refractivity contribution in [3.63, 3.8) is 0 Å². The summed E-state index contributed by atoms with van der Waals surface area (Å²) in [6.07, 6.45) is 0. The van der Waals surface area contributed by atoms with Crippen molar-refractivity contribution in [3.8, 4) is 11.4 Å². The summed E-state index contributed by atoms with van der Waals surface area (Å²) in [5, 5.41) is 7.89. The van der Waals surface area contributed by atoms with Gasteiger partial charge in [-0.3, -0.25) is 9.59 Å². The third-order valence-corrected chi connectivity index (χ3v) is 3.50. The number of fused-ring (bicyclic) bond motifs is 1. The molecule has 0 unspecified atom stereocenters. The van der Waals surface area contributed by atoms with Crippen LogP contribution < -0.4 is 9.64 Å². The van der Waals surface area contributed by atoms with Gasteiger partial charge in [0.15, 0.2) is 18.1 Å². The standard InChI is InChI=1S/C14H14N4O3/c1-8-14(9(2)19)15-16-18(8)10-4-5-11-12(6-10)21-7-13(20)17(11)3/h4-6H,7H2,1-3H3. The fourth-order valence-corrected chi connectivity index (χ4v) is 2.30. The molecule has 0 saturated heterocycles. The molecule has 1 aromatic carbocycles. The van der Waals surface area contributed by atoms with Gasteiger partial charge in [-0.25, -0.2) is 4.68 Å². The van der Waals surface area contributed by atoms with Crippen molar-refractivity contribution in [1.29, 1.82) is 0 Å². The molecule has 0 atom stereocenters. The Morgan fingerprint density at radius 3 is 2.81 bits per heavy atom. The van der Waals surface area contributed by atoms with Crippen molar-refractivity contribution < 1.29 is 14.3 Å². The van der Waals surface area contributed by atoms with Crippen LogP contribution in [0.5, 0.6) is 5.75 Å². The normalized spacial score (nSPS) is 13.9. The predicted octanol–water partition coefficient (Wildman–Crippen LogP) is 1.13. The Kier molecular flexibility index (Phi) is 2.97. The second-order valence-electron chi connectivity index (χ2n) is 4.88. The fourth-order valence-electron chi connectivity index (χ4n) is 2.30. The van der Waals surface area contributed by atoms with Gasteiger partial charge in [0.25, 0.3) is 5.91 Å². The summed E-state index contributed by atoms with van der Waals surface area (Å²) in [5.41, 5.74) is 2.46. The Balaban J connectivity index is 2.06. The summed E-state index contributed by atoms with van der Waals surface area (Å²) in [7, 11) is 1.71. The molecule has 2 aromatic rings. The molecular weight excluding hydrogens is 272 g/mol. The number of carbonyl (C=O) groups excluding carboxylic acids is 2. The minimum atomic E-state index is -0.127. The Morgan fingerprint density at radius 1 is 1.38 bits per heavy atom. The van der Waals surface area contributed by atoms with E-state index in [1.54, 1.807) is 35.7 Å². The minimum Gasteiger partial charge on any atom is -0.481 e. The van der Waals surface area contributed by atoms with Crippen LogP contribution in [0.1, 0.15) is 23.1 Å². The van der Waals surface area contributed by atoms with Gasteiger partial charge in [0.1, 0.15) is 5.75 Å². The Labute approximate surface area is 121 Å². The van der Waals surface area contributed by atoms with Crippen LogP contribution in [0, 0.1) is 6.92 Å². The molecule has 0 spiro atoms. The number of carbonyl (C=O) groups is 2. The van der Waals surface area contributed by atoms with Gasteiger partial charge in [0.2, 0.25) is 0 Å². The monoisotopic (exact) mass is 286 g/mol. The van der Waals surface area contributed by atoms with E-state index in [9.17, 15) is 9.59 Å². The van der Waals surface area contributed by atoms with Crippen molar-refractivity contribution in [1.82, 2.24) is 15.0 Å². The summed E-state index contributed by atoms with van der Waals surface area (Å²) in [5.74, 6) is 0.387. The highest BCUT2D eigenvalue weighted by Crippen LogP contribution is 2.33. The zero-order valence-corrected chi connectivity index (χ0v) is 12.0. The first kappa shape index (κ1) is 13.3. The van der Waals surface area contributed by atoms with Gasteiger partial charge in [-0.05, 0) is 19.1 Å². The minimum absolute atomic E-state index is 0.0159. The molecule has 1 aliphatic rings. The number of hydrogen-bond acceptors (Lipinski definition) is 5. The van der Waals surface area contributed by atoms with Gasteiger partial charge in [0.05, 0.1) is 17.1 Å². The maximum absolute atomic E-state index is 11.6. The summed E-state index contributed by atoms with van der Waals surface area (Å²) in [4.78, 5) is 24.6. The zero-order chi connectivity index (χ0) is 15.1. The van der Waals surface area contributed by atoms with Crippen molar-refractivity contribution >= 4 is 17.4 Å². The predicted molar refractivity (Wildman–Crippen MR) is 75.0 cm³/mol.